The zero-order chi connectivity index (χ0) is 13.9. The lowest BCUT2D eigenvalue weighted by Crippen LogP contribution is -1.88. The van der Waals surface area contributed by atoms with Crippen LogP contribution in [0.5, 0.6) is 0 Å². The van der Waals surface area contributed by atoms with Gasteiger partial charge in [-0.2, -0.15) is 0 Å². The monoisotopic (exact) mass is 265 g/mol. The second kappa shape index (κ2) is 5.10. The van der Waals surface area contributed by atoms with Gasteiger partial charge in [0.25, 0.3) is 0 Å². The topological polar surface area (TPSA) is 12.9 Å². The van der Waals surface area contributed by atoms with E-state index in [-0.39, 0.29) is 5.56 Å². The van der Waals surface area contributed by atoms with E-state index < -0.39 is 11.6 Å². The third-order valence-corrected chi connectivity index (χ3v) is 2.90. The van der Waals surface area contributed by atoms with Crippen molar-refractivity contribution in [3.63, 3.8) is 0 Å². The lowest BCUT2D eigenvalue weighted by atomic mass is 10.1. The summed E-state index contributed by atoms with van der Waals surface area (Å²) in [4.78, 5) is 4.22. The number of rotatable bonds is 0. The number of nitrogens with zero attached hydrogens (tertiary/aromatic N) is 1. The molecule has 0 spiro atoms. The summed E-state index contributed by atoms with van der Waals surface area (Å²) in [7, 11) is 0. The van der Waals surface area contributed by atoms with Crippen LogP contribution < -0.4 is 0 Å². The van der Waals surface area contributed by atoms with E-state index in [1.54, 1.807) is 18.3 Å². The van der Waals surface area contributed by atoms with Gasteiger partial charge in [0.1, 0.15) is 11.6 Å². The number of pyridine rings is 1. The summed E-state index contributed by atoms with van der Waals surface area (Å²) in [6.07, 6.45) is 1.69. The molecule has 1 aromatic heterocycles. The molecular formula is C17H9F2N. The Morgan fingerprint density at radius 3 is 2.45 bits per heavy atom. The molecule has 0 aliphatic rings. The molecule has 0 atom stereocenters. The molecule has 0 amide bonds. The second-order valence-corrected chi connectivity index (χ2v) is 4.26. The van der Waals surface area contributed by atoms with Gasteiger partial charge in [0.15, 0.2) is 0 Å². The molecule has 3 heteroatoms. The summed E-state index contributed by atoms with van der Waals surface area (Å²) < 4.78 is 26.9. The molecule has 3 aromatic rings. The van der Waals surface area contributed by atoms with Gasteiger partial charge in [0.2, 0.25) is 0 Å². The van der Waals surface area contributed by atoms with Gasteiger partial charge < -0.3 is 0 Å². The van der Waals surface area contributed by atoms with Crippen molar-refractivity contribution in [1.82, 2.24) is 4.98 Å². The molecule has 0 N–H and O–H groups in total. The first-order valence-corrected chi connectivity index (χ1v) is 6.05. The Morgan fingerprint density at radius 1 is 0.850 bits per heavy atom. The van der Waals surface area contributed by atoms with E-state index in [9.17, 15) is 8.78 Å². The van der Waals surface area contributed by atoms with Gasteiger partial charge in [-0.15, -0.1) is 0 Å². The van der Waals surface area contributed by atoms with Crippen molar-refractivity contribution in [2.24, 2.45) is 0 Å². The number of hydrogen-bond donors (Lipinski definition) is 0. The number of halogens is 2. The molecule has 0 radical (unpaired) electrons. The van der Waals surface area contributed by atoms with Gasteiger partial charge in [0, 0.05) is 17.1 Å². The van der Waals surface area contributed by atoms with Gasteiger partial charge in [-0.05, 0) is 30.3 Å². The molecule has 0 unspecified atom stereocenters. The standard InChI is InChI=1S/C17H9F2N/c18-15-4-1-5-16(19)14(15)9-7-12-6-8-13-3-2-10-20-17(13)11-12/h1-6,8,10-11H. The molecule has 0 fully saturated rings. The Balaban J connectivity index is 2.04. The van der Waals surface area contributed by atoms with E-state index in [0.29, 0.717) is 5.56 Å². The van der Waals surface area contributed by atoms with Crippen molar-refractivity contribution in [3.8, 4) is 11.8 Å². The summed E-state index contributed by atoms with van der Waals surface area (Å²) in [5.41, 5.74) is 1.25. The molecular weight excluding hydrogens is 256 g/mol. The van der Waals surface area contributed by atoms with Crippen LogP contribution >= 0.6 is 0 Å². The summed E-state index contributed by atoms with van der Waals surface area (Å²) in [5.74, 6) is 3.99. The molecule has 0 saturated heterocycles. The number of fused-ring (bicyclic) bond motifs is 1. The molecule has 3 rings (SSSR count). The van der Waals surface area contributed by atoms with Crippen LogP contribution in [-0.4, -0.2) is 4.98 Å². The maximum absolute atomic E-state index is 13.5. The molecule has 1 heterocycles. The molecule has 20 heavy (non-hydrogen) atoms. The smallest absolute Gasteiger partial charge is 0.141 e. The van der Waals surface area contributed by atoms with Crippen LogP contribution in [0, 0.1) is 23.5 Å². The Hall–Kier alpha value is -2.73. The molecule has 2 aromatic carbocycles. The van der Waals surface area contributed by atoms with E-state index in [0.717, 1.165) is 10.9 Å². The lowest BCUT2D eigenvalue weighted by molar-refractivity contribution is 0.577. The Labute approximate surface area is 114 Å². The van der Waals surface area contributed by atoms with Crippen LogP contribution in [-0.2, 0) is 0 Å². The van der Waals surface area contributed by atoms with E-state index in [2.05, 4.69) is 16.8 Å². The highest BCUT2D eigenvalue weighted by molar-refractivity contribution is 5.79. The first-order chi connectivity index (χ1) is 9.74. The third kappa shape index (κ3) is 2.36. The summed E-state index contributed by atoms with van der Waals surface area (Å²) >= 11 is 0. The van der Waals surface area contributed by atoms with Crippen LogP contribution in [0.2, 0.25) is 0 Å². The van der Waals surface area contributed by atoms with Crippen molar-refractivity contribution in [1.29, 1.82) is 0 Å². The van der Waals surface area contributed by atoms with Crippen LogP contribution in [0.1, 0.15) is 11.1 Å². The fraction of sp³-hybridized carbons (Fsp3) is 0. The van der Waals surface area contributed by atoms with E-state index >= 15 is 0 Å². The average Bonchev–Trinajstić information content (AvgIpc) is 2.46. The van der Waals surface area contributed by atoms with E-state index in [1.807, 2.05) is 18.2 Å². The van der Waals surface area contributed by atoms with Gasteiger partial charge in [-0.25, -0.2) is 8.78 Å². The number of hydrogen-bond acceptors (Lipinski definition) is 1. The minimum Gasteiger partial charge on any atom is -0.256 e. The second-order valence-electron chi connectivity index (χ2n) is 4.26. The van der Waals surface area contributed by atoms with Crippen LogP contribution in [0.3, 0.4) is 0 Å². The Bertz CT molecular complexity index is 824. The minimum atomic E-state index is -0.656. The highest BCUT2D eigenvalue weighted by atomic mass is 19.1. The Kier molecular flexibility index (Phi) is 3.14. The van der Waals surface area contributed by atoms with Crippen molar-refractivity contribution in [3.05, 3.63) is 77.5 Å². The molecule has 0 saturated carbocycles. The lowest BCUT2D eigenvalue weighted by Gasteiger charge is -1.97. The fourth-order valence-electron chi connectivity index (χ4n) is 1.90. The third-order valence-electron chi connectivity index (χ3n) is 2.90. The largest absolute Gasteiger partial charge is 0.256 e. The number of benzene rings is 2. The first-order valence-electron chi connectivity index (χ1n) is 6.05. The highest BCUT2D eigenvalue weighted by Gasteiger charge is 2.04. The van der Waals surface area contributed by atoms with Crippen LogP contribution in [0.15, 0.2) is 54.7 Å². The van der Waals surface area contributed by atoms with Crippen molar-refractivity contribution < 1.29 is 8.78 Å². The average molecular weight is 265 g/mol. The first kappa shape index (κ1) is 12.3. The maximum Gasteiger partial charge on any atom is 0.141 e. The predicted molar refractivity (Wildman–Crippen MR) is 74.1 cm³/mol. The fourth-order valence-corrected chi connectivity index (χ4v) is 1.90. The number of aromatic nitrogens is 1. The maximum atomic E-state index is 13.5. The van der Waals surface area contributed by atoms with Crippen molar-refractivity contribution in [2.75, 3.05) is 0 Å². The minimum absolute atomic E-state index is 0.214. The van der Waals surface area contributed by atoms with Crippen LogP contribution in [0.25, 0.3) is 10.9 Å². The van der Waals surface area contributed by atoms with Crippen molar-refractivity contribution in [2.45, 2.75) is 0 Å². The summed E-state index contributed by atoms with van der Waals surface area (Å²) in [6, 6.07) is 13.0. The predicted octanol–water partition coefficient (Wildman–Crippen LogP) is 3.91. The van der Waals surface area contributed by atoms with E-state index in [4.69, 9.17) is 0 Å². The van der Waals surface area contributed by atoms with Gasteiger partial charge >= 0.3 is 0 Å². The van der Waals surface area contributed by atoms with Gasteiger partial charge in [0.05, 0.1) is 11.1 Å². The zero-order valence-electron chi connectivity index (χ0n) is 10.4. The molecule has 0 aliphatic carbocycles. The van der Waals surface area contributed by atoms with Crippen molar-refractivity contribution >= 4 is 10.9 Å². The van der Waals surface area contributed by atoms with Gasteiger partial charge in [-0.1, -0.05) is 30.0 Å². The highest BCUT2D eigenvalue weighted by Crippen LogP contribution is 2.14. The molecule has 1 nitrogen and oxygen atoms in total. The van der Waals surface area contributed by atoms with E-state index in [1.165, 1.54) is 18.2 Å². The molecule has 0 aliphatic heterocycles. The van der Waals surface area contributed by atoms with Gasteiger partial charge in [-0.3, -0.25) is 4.98 Å². The summed E-state index contributed by atoms with van der Waals surface area (Å²) in [5, 5.41) is 0.995. The molecule has 96 valence electrons. The molecule has 0 bridgehead atoms. The quantitative estimate of drug-likeness (QED) is 0.561. The summed E-state index contributed by atoms with van der Waals surface area (Å²) in [6.45, 7) is 0. The SMILES string of the molecule is Fc1cccc(F)c1C#Cc1ccc2cccnc2c1. The van der Waals surface area contributed by atoms with Crippen LogP contribution in [0.4, 0.5) is 8.78 Å². The Morgan fingerprint density at radius 2 is 1.65 bits per heavy atom. The normalized spacial score (nSPS) is 10.1. The zero-order valence-corrected chi connectivity index (χ0v) is 10.4.